The van der Waals surface area contributed by atoms with Crippen LogP contribution in [-0.4, -0.2) is 34.5 Å². The molecule has 3 heterocycles. The Labute approximate surface area is 173 Å². The van der Waals surface area contributed by atoms with Gasteiger partial charge >= 0.3 is 6.18 Å². The minimum absolute atomic E-state index is 0.0111. The SMILES string of the molecule is COc1c(Cl)cccc1Nc1c(-c2ccnc(C(F)(F)F)n2)[nH]c2c1C(=O)NCC2. The molecule has 0 fully saturated rings. The van der Waals surface area contributed by atoms with E-state index in [2.05, 4.69) is 25.6 Å². The molecule has 0 atom stereocenters. The number of para-hydroxylation sites is 1. The number of carbonyl (C=O) groups is 1. The highest BCUT2D eigenvalue weighted by Crippen LogP contribution is 2.40. The number of methoxy groups -OCH3 is 1. The molecule has 0 saturated heterocycles. The average molecular weight is 438 g/mol. The number of halogens is 4. The first-order valence-corrected chi connectivity index (χ1v) is 9.20. The van der Waals surface area contributed by atoms with E-state index in [9.17, 15) is 18.0 Å². The van der Waals surface area contributed by atoms with Crippen molar-refractivity contribution in [1.82, 2.24) is 20.3 Å². The Morgan fingerprint density at radius 3 is 2.80 bits per heavy atom. The van der Waals surface area contributed by atoms with Crippen LogP contribution in [0.25, 0.3) is 11.4 Å². The summed E-state index contributed by atoms with van der Waals surface area (Å²) in [7, 11) is 1.44. The Morgan fingerprint density at radius 2 is 2.07 bits per heavy atom. The van der Waals surface area contributed by atoms with E-state index in [4.69, 9.17) is 16.3 Å². The van der Waals surface area contributed by atoms with Crippen LogP contribution < -0.4 is 15.4 Å². The van der Waals surface area contributed by atoms with Crippen LogP contribution in [0, 0.1) is 0 Å². The molecule has 3 aromatic rings. The summed E-state index contributed by atoms with van der Waals surface area (Å²) in [6.07, 6.45) is -3.20. The molecule has 0 radical (unpaired) electrons. The largest absolute Gasteiger partial charge is 0.493 e. The summed E-state index contributed by atoms with van der Waals surface area (Å²) in [5.41, 5.74) is 1.82. The fourth-order valence-electron chi connectivity index (χ4n) is 3.28. The summed E-state index contributed by atoms with van der Waals surface area (Å²) >= 11 is 6.17. The molecule has 156 valence electrons. The summed E-state index contributed by atoms with van der Waals surface area (Å²) in [6, 6.07) is 6.32. The number of rotatable bonds is 4. The number of hydrogen-bond donors (Lipinski definition) is 3. The Bertz CT molecular complexity index is 1130. The minimum atomic E-state index is -4.70. The van der Waals surface area contributed by atoms with Gasteiger partial charge in [-0.3, -0.25) is 4.79 Å². The molecule has 0 aliphatic carbocycles. The van der Waals surface area contributed by atoms with Crippen LogP contribution in [0.2, 0.25) is 5.02 Å². The fraction of sp³-hybridized carbons (Fsp3) is 0.211. The summed E-state index contributed by atoms with van der Waals surface area (Å²) in [5.74, 6) is -1.30. The third-order valence-corrected chi connectivity index (χ3v) is 4.86. The second kappa shape index (κ2) is 7.52. The first-order chi connectivity index (χ1) is 14.3. The predicted octanol–water partition coefficient (Wildman–Crippen LogP) is 4.18. The molecule has 0 saturated carbocycles. The second-order valence-corrected chi connectivity index (χ2v) is 6.85. The van der Waals surface area contributed by atoms with Crippen molar-refractivity contribution in [3.05, 3.63) is 52.6 Å². The van der Waals surface area contributed by atoms with E-state index in [1.807, 2.05) is 0 Å². The lowest BCUT2D eigenvalue weighted by Gasteiger charge is -2.17. The van der Waals surface area contributed by atoms with Crippen molar-refractivity contribution in [1.29, 1.82) is 0 Å². The molecular formula is C19H15ClF3N5O2. The van der Waals surface area contributed by atoms with Crippen molar-refractivity contribution in [2.24, 2.45) is 0 Å². The van der Waals surface area contributed by atoms with Crippen LogP contribution in [0.15, 0.2) is 30.5 Å². The lowest BCUT2D eigenvalue weighted by atomic mass is 10.1. The van der Waals surface area contributed by atoms with Crippen LogP contribution >= 0.6 is 11.6 Å². The van der Waals surface area contributed by atoms with Gasteiger partial charge in [-0.25, -0.2) is 9.97 Å². The quantitative estimate of drug-likeness (QED) is 0.569. The van der Waals surface area contributed by atoms with Gasteiger partial charge in [-0.15, -0.1) is 0 Å². The highest BCUT2D eigenvalue weighted by atomic mass is 35.5. The van der Waals surface area contributed by atoms with E-state index in [0.717, 1.165) is 6.20 Å². The smallest absolute Gasteiger partial charge is 0.451 e. The van der Waals surface area contributed by atoms with E-state index < -0.39 is 12.0 Å². The number of anilines is 2. The van der Waals surface area contributed by atoms with E-state index in [-0.39, 0.29) is 23.0 Å². The second-order valence-electron chi connectivity index (χ2n) is 6.44. The molecule has 4 rings (SSSR count). The van der Waals surface area contributed by atoms with Crippen LogP contribution in [0.1, 0.15) is 21.9 Å². The molecule has 7 nitrogen and oxygen atoms in total. The molecular weight excluding hydrogens is 423 g/mol. The van der Waals surface area contributed by atoms with Crippen molar-refractivity contribution in [3.63, 3.8) is 0 Å². The number of nitrogens with zero attached hydrogens (tertiary/aromatic N) is 2. The lowest BCUT2D eigenvalue weighted by molar-refractivity contribution is -0.144. The van der Waals surface area contributed by atoms with Gasteiger partial charge in [-0.1, -0.05) is 17.7 Å². The molecule has 0 spiro atoms. The Balaban J connectivity index is 1.89. The highest BCUT2D eigenvalue weighted by molar-refractivity contribution is 6.32. The Kier molecular flexibility index (Phi) is 5.02. The number of nitrogens with one attached hydrogen (secondary N) is 3. The van der Waals surface area contributed by atoms with Gasteiger partial charge in [0.2, 0.25) is 5.82 Å². The standard InChI is InChI=1S/C19H15ClF3N5O2/c1-30-16-9(20)3-2-4-12(16)27-15-13-10(5-7-24-17(13)29)26-14(15)11-6-8-25-18(28-11)19(21,22)23/h2-4,6,8,26-27H,5,7H2,1H3,(H,24,29). The summed E-state index contributed by atoms with van der Waals surface area (Å²) in [6.45, 7) is 0.406. The minimum Gasteiger partial charge on any atom is -0.493 e. The number of aromatic nitrogens is 3. The Hall–Kier alpha value is -3.27. The summed E-state index contributed by atoms with van der Waals surface area (Å²) < 4.78 is 44.7. The van der Waals surface area contributed by atoms with E-state index in [1.54, 1.807) is 18.2 Å². The molecule has 11 heteroatoms. The van der Waals surface area contributed by atoms with E-state index in [0.29, 0.717) is 40.7 Å². The molecule has 2 aromatic heterocycles. The zero-order valence-corrected chi connectivity index (χ0v) is 16.3. The molecule has 0 unspecified atom stereocenters. The number of H-pyrrole nitrogens is 1. The van der Waals surface area contributed by atoms with Gasteiger partial charge in [0.05, 0.1) is 40.5 Å². The van der Waals surface area contributed by atoms with Crippen LogP contribution in [0.3, 0.4) is 0 Å². The molecule has 1 amide bonds. The maximum Gasteiger partial charge on any atom is 0.451 e. The Morgan fingerprint density at radius 1 is 1.27 bits per heavy atom. The third kappa shape index (κ3) is 3.54. The lowest BCUT2D eigenvalue weighted by Crippen LogP contribution is -2.31. The number of hydrogen-bond acceptors (Lipinski definition) is 5. The van der Waals surface area contributed by atoms with Crippen molar-refractivity contribution >= 4 is 28.9 Å². The number of alkyl halides is 3. The molecule has 1 aliphatic heterocycles. The third-order valence-electron chi connectivity index (χ3n) is 4.56. The first-order valence-electron chi connectivity index (χ1n) is 8.82. The molecule has 1 aromatic carbocycles. The van der Waals surface area contributed by atoms with Crippen molar-refractivity contribution in [2.45, 2.75) is 12.6 Å². The van der Waals surface area contributed by atoms with Gasteiger partial charge in [0.25, 0.3) is 5.91 Å². The van der Waals surface area contributed by atoms with Crippen LogP contribution in [0.5, 0.6) is 5.75 Å². The summed E-state index contributed by atoms with van der Waals surface area (Å²) in [5, 5.41) is 6.15. The maximum absolute atomic E-state index is 13.1. The predicted molar refractivity (Wildman–Crippen MR) is 104 cm³/mol. The number of benzene rings is 1. The van der Waals surface area contributed by atoms with Gasteiger partial charge < -0.3 is 20.4 Å². The van der Waals surface area contributed by atoms with Gasteiger partial charge in [-0.2, -0.15) is 13.2 Å². The van der Waals surface area contributed by atoms with Gasteiger partial charge in [-0.05, 0) is 18.2 Å². The number of ether oxygens (including phenoxy) is 1. The number of fused-ring (bicyclic) bond motifs is 1. The van der Waals surface area contributed by atoms with Gasteiger partial charge in [0, 0.05) is 24.9 Å². The molecule has 0 bridgehead atoms. The number of carbonyl (C=O) groups excluding carboxylic acids is 1. The van der Waals surface area contributed by atoms with Crippen LogP contribution in [-0.2, 0) is 12.6 Å². The highest BCUT2D eigenvalue weighted by Gasteiger charge is 2.35. The van der Waals surface area contributed by atoms with Gasteiger partial charge in [0.15, 0.2) is 5.75 Å². The topological polar surface area (TPSA) is 91.9 Å². The van der Waals surface area contributed by atoms with Crippen molar-refractivity contribution in [2.75, 3.05) is 19.0 Å². The summed E-state index contributed by atoms with van der Waals surface area (Å²) in [4.78, 5) is 22.5. The molecule has 3 N–H and O–H groups in total. The first kappa shape index (κ1) is 20.0. The maximum atomic E-state index is 13.1. The van der Waals surface area contributed by atoms with Crippen LogP contribution in [0.4, 0.5) is 24.5 Å². The van der Waals surface area contributed by atoms with E-state index >= 15 is 0 Å². The zero-order valence-electron chi connectivity index (χ0n) is 15.5. The van der Waals surface area contributed by atoms with Crippen molar-refractivity contribution < 1.29 is 22.7 Å². The number of aromatic amines is 1. The zero-order chi connectivity index (χ0) is 21.5. The van der Waals surface area contributed by atoms with Crippen molar-refractivity contribution in [3.8, 4) is 17.1 Å². The van der Waals surface area contributed by atoms with E-state index in [1.165, 1.54) is 13.2 Å². The normalized spacial score (nSPS) is 13.6. The average Bonchev–Trinajstić information content (AvgIpc) is 3.07. The van der Waals surface area contributed by atoms with Gasteiger partial charge in [0.1, 0.15) is 0 Å². The molecule has 30 heavy (non-hydrogen) atoms. The number of amides is 1. The fourth-order valence-corrected chi connectivity index (χ4v) is 3.53. The molecule has 1 aliphatic rings. The monoisotopic (exact) mass is 437 g/mol.